The van der Waals surface area contributed by atoms with Crippen LogP contribution in [0.25, 0.3) is 5.57 Å². The molecule has 3 heterocycles. The van der Waals surface area contributed by atoms with E-state index in [0.717, 1.165) is 42.2 Å². The summed E-state index contributed by atoms with van der Waals surface area (Å²) in [4.78, 5) is 14.5. The molecule has 0 radical (unpaired) electrons. The van der Waals surface area contributed by atoms with Crippen molar-refractivity contribution in [2.24, 2.45) is 9.98 Å². The van der Waals surface area contributed by atoms with E-state index < -0.39 is 0 Å². The van der Waals surface area contributed by atoms with Gasteiger partial charge >= 0.3 is 0 Å². The molecule has 0 bridgehead atoms. The Morgan fingerprint density at radius 3 is 3.09 bits per heavy atom. The number of likely N-dealkylation sites (N-methyl/N-ethyl adjacent to an activating group) is 1. The smallest absolute Gasteiger partial charge is 0.137 e. The first-order valence-electron chi connectivity index (χ1n) is 7.73. The highest BCUT2D eigenvalue weighted by Gasteiger charge is 2.26. The summed E-state index contributed by atoms with van der Waals surface area (Å²) in [7, 11) is 2.02. The number of fused-ring (bicyclic) bond motifs is 1. The number of allylic oxidation sites excluding steroid dienone is 2. The van der Waals surface area contributed by atoms with Crippen molar-refractivity contribution < 1.29 is 0 Å². The van der Waals surface area contributed by atoms with Gasteiger partial charge in [0.15, 0.2) is 0 Å². The van der Waals surface area contributed by atoms with Crippen molar-refractivity contribution in [2.45, 2.75) is 19.4 Å². The van der Waals surface area contributed by atoms with Gasteiger partial charge in [-0.2, -0.15) is 0 Å². The summed E-state index contributed by atoms with van der Waals surface area (Å²) in [5.41, 5.74) is 4.43. The van der Waals surface area contributed by atoms with Crippen LogP contribution in [0.15, 0.2) is 34.5 Å². The number of aryl methyl sites for hydroxylation is 1. The molecule has 116 valence electrons. The van der Waals surface area contributed by atoms with Crippen LogP contribution in [0.4, 0.5) is 5.82 Å². The Balaban J connectivity index is 1.98. The predicted molar refractivity (Wildman–Crippen MR) is 93.2 cm³/mol. The minimum Gasteiger partial charge on any atom is -0.369 e. The van der Waals surface area contributed by atoms with E-state index in [4.69, 9.17) is 0 Å². The van der Waals surface area contributed by atoms with Gasteiger partial charge in [0.1, 0.15) is 5.82 Å². The van der Waals surface area contributed by atoms with Crippen molar-refractivity contribution in [3.8, 4) is 0 Å². The molecular weight excluding hydrogens is 274 g/mol. The van der Waals surface area contributed by atoms with Crippen LogP contribution in [0.5, 0.6) is 0 Å². The third kappa shape index (κ3) is 2.76. The van der Waals surface area contributed by atoms with Gasteiger partial charge < -0.3 is 15.2 Å². The van der Waals surface area contributed by atoms with Crippen LogP contribution >= 0.6 is 0 Å². The number of aromatic nitrogens is 1. The van der Waals surface area contributed by atoms with Crippen LogP contribution in [-0.2, 0) is 0 Å². The van der Waals surface area contributed by atoms with Crippen molar-refractivity contribution >= 4 is 23.8 Å². The molecule has 1 atom stereocenters. The third-order valence-corrected chi connectivity index (χ3v) is 4.35. The first-order chi connectivity index (χ1) is 10.7. The fraction of sp³-hybridized carbons (Fsp3) is 0.412. The Hall–Kier alpha value is -2.14. The summed E-state index contributed by atoms with van der Waals surface area (Å²) in [6.45, 7) is 9.07. The monoisotopic (exact) mass is 297 g/mol. The molecule has 5 nitrogen and oxygen atoms in total. The van der Waals surface area contributed by atoms with Gasteiger partial charge in [-0.1, -0.05) is 6.58 Å². The van der Waals surface area contributed by atoms with Crippen molar-refractivity contribution in [3.63, 3.8) is 0 Å². The Kier molecular flexibility index (Phi) is 4.24. The van der Waals surface area contributed by atoms with E-state index in [9.17, 15) is 0 Å². The van der Waals surface area contributed by atoms with E-state index in [1.54, 1.807) is 0 Å². The van der Waals surface area contributed by atoms with Crippen molar-refractivity contribution in [3.05, 3.63) is 35.7 Å². The molecule has 0 aliphatic carbocycles. The van der Waals surface area contributed by atoms with Crippen LogP contribution in [-0.4, -0.2) is 55.0 Å². The maximum Gasteiger partial charge on any atom is 0.137 e. The number of aromatic amines is 1. The lowest BCUT2D eigenvalue weighted by Gasteiger charge is -2.24. The zero-order valence-electron chi connectivity index (χ0n) is 13.3. The standard InChI is InChI=1S/C17H23N5/c1-12-10-21-17-16(12)13(2)15(4-6-19-7-8-20-17)22-9-5-14(11-22)18-3/h4,6,8,10,14,18,21H,2,5,7,9,11H2,1,3H3/b15-4+,19-6?,20-8?. The van der Waals surface area contributed by atoms with Crippen LogP contribution in [0.2, 0.25) is 0 Å². The van der Waals surface area contributed by atoms with Crippen LogP contribution in [0.3, 0.4) is 0 Å². The fourth-order valence-corrected chi connectivity index (χ4v) is 3.09. The van der Waals surface area contributed by atoms with E-state index in [1.165, 1.54) is 5.56 Å². The maximum absolute atomic E-state index is 4.50. The minimum atomic E-state index is 0.533. The molecule has 2 N–H and O–H groups in total. The second-order valence-corrected chi connectivity index (χ2v) is 5.77. The van der Waals surface area contributed by atoms with Gasteiger partial charge in [0.25, 0.3) is 0 Å². The highest BCUT2D eigenvalue weighted by atomic mass is 15.2. The summed E-state index contributed by atoms with van der Waals surface area (Å²) in [6.07, 6.45) is 8.91. The molecule has 0 saturated carbocycles. The molecular formula is C17H23N5. The van der Waals surface area contributed by atoms with Gasteiger partial charge in [0.2, 0.25) is 0 Å². The lowest BCUT2D eigenvalue weighted by molar-refractivity contribution is 0.428. The van der Waals surface area contributed by atoms with E-state index in [1.807, 2.05) is 25.7 Å². The van der Waals surface area contributed by atoms with Gasteiger partial charge in [0.05, 0.1) is 6.54 Å². The van der Waals surface area contributed by atoms with Gasteiger partial charge in [-0.25, -0.2) is 4.99 Å². The van der Waals surface area contributed by atoms with Gasteiger partial charge in [0, 0.05) is 54.6 Å². The average molecular weight is 297 g/mol. The molecule has 0 spiro atoms. The Morgan fingerprint density at radius 1 is 1.45 bits per heavy atom. The van der Waals surface area contributed by atoms with Crippen LogP contribution in [0, 0.1) is 6.92 Å². The molecule has 1 saturated heterocycles. The minimum absolute atomic E-state index is 0.533. The summed E-state index contributed by atoms with van der Waals surface area (Å²) in [5.74, 6) is 0.870. The number of likely N-dealkylation sites (tertiary alicyclic amines) is 1. The lowest BCUT2D eigenvalue weighted by atomic mass is 10.0. The number of aliphatic imine (C=N–C) groups is 2. The summed E-state index contributed by atoms with van der Waals surface area (Å²) < 4.78 is 0. The van der Waals surface area contributed by atoms with E-state index in [-0.39, 0.29) is 0 Å². The maximum atomic E-state index is 4.50. The zero-order valence-corrected chi connectivity index (χ0v) is 13.3. The number of rotatable bonds is 2. The van der Waals surface area contributed by atoms with Gasteiger partial charge in [-0.15, -0.1) is 0 Å². The topological polar surface area (TPSA) is 55.8 Å². The fourth-order valence-electron chi connectivity index (χ4n) is 3.09. The predicted octanol–water partition coefficient (Wildman–Crippen LogP) is 2.30. The average Bonchev–Trinajstić information content (AvgIpc) is 3.13. The number of hydrogen-bond acceptors (Lipinski definition) is 4. The molecule has 3 rings (SSSR count). The zero-order chi connectivity index (χ0) is 15.5. The molecule has 2 aliphatic heterocycles. The van der Waals surface area contributed by atoms with E-state index in [0.29, 0.717) is 12.6 Å². The van der Waals surface area contributed by atoms with E-state index >= 15 is 0 Å². The van der Waals surface area contributed by atoms with Crippen molar-refractivity contribution in [1.29, 1.82) is 0 Å². The normalized spacial score (nSPS) is 24.3. The highest BCUT2D eigenvalue weighted by molar-refractivity contribution is 5.90. The quantitative estimate of drug-likeness (QED) is 0.880. The number of nitrogens with one attached hydrogen (secondary N) is 2. The molecule has 1 aromatic heterocycles. The van der Waals surface area contributed by atoms with Crippen molar-refractivity contribution in [2.75, 3.05) is 26.7 Å². The highest BCUT2D eigenvalue weighted by Crippen LogP contribution is 2.34. The summed E-state index contributed by atoms with van der Waals surface area (Å²) in [6, 6.07) is 0.533. The number of hydrogen-bond donors (Lipinski definition) is 2. The van der Waals surface area contributed by atoms with Gasteiger partial charge in [-0.05, 0) is 32.0 Å². The molecule has 1 fully saturated rings. The molecule has 1 unspecified atom stereocenters. The molecule has 0 aromatic carbocycles. The second kappa shape index (κ2) is 6.32. The molecule has 0 amide bonds. The largest absolute Gasteiger partial charge is 0.369 e. The van der Waals surface area contributed by atoms with E-state index in [2.05, 4.69) is 44.8 Å². The molecule has 1 aromatic rings. The number of nitrogens with zero attached hydrogens (tertiary/aromatic N) is 3. The SMILES string of the molecule is C=C1/C(N2CCC(NC)C2)=C\C=NCC=Nc2[nH]cc(C)c21. The first-order valence-corrected chi connectivity index (χ1v) is 7.73. The molecule has 5 heteroatoms. The van der Waals surface area contributed by atoms with Crippen molar-refractivity contribution in [1.82, 2.24) is 15.2 Å². The third-order valence-electron chi connectivity index (χ3n) is 4.35. The Morgan fingerprint density at radius 2 is 2.32 bits per heavy atom. The van der Waals surface area contributed by atoms with Crippen LogP contribution < -0.4 is 5.32 Å². The second-order valence-electron chi connectivity index (χ2n) is 5.77. The van der Waals surface area contributed by atoms with Crippen LogP contribution in [0.1, 0.15) is 17.5 Å². The summed E-state index contributed by atoms with van der Waals surface area (Å²) >= 11 is 0. The molecule has 22 heavy (non-hydrogen) atoms. The lowest BCUT2D eigenvalue weighted by Crippen LogP contribution is -2.29. The van der Waals surface area contributed by atoms with Gasteiger partial charge in [-0.3, -0.25) is 4.99 Å². The Labute approximate surface area is 131 Å². The molecule has 2 aliphatic rings. The summed E-state index contributed by atoms with van der Waals surface area (Å²) in [5, 5.41) is 3.36. The number of H-pyrrole nitrogens is 1. The Bertz CT molecular complexity index is 650. The first kappa shape index (κ1) is 14.8.